The summed E-state index contributed by atoms with van der Waals surface area (Å²) in [5.74, 6) is 0.875. The smallest absolute Gasteiger partial charge is 0.283 e. The van der Waals surface area contributed by atoms with Crippen molar-refractivity contribution in [2.24, 2.45) is 0 Å². The van der Waals surface area contributed by atoms with E-state index in [0.717, 1.165) is 11.6 Å². The van der Waals surface area contributed by atoms with E-state index in [0.29, 0.717) is 37.7 Å². The van der Waals surface area contributed by atoms with E-state index in [2.05, 4.69) is 5.32 Å². The van der Waals surface area contributed by atoms with E-state index in [-0.39, 0.29) is 16.3 Å². The SMILES string of the molecule is O=C(NCCc1ccc2c(c1)OCCO2)c1ccc(Cl)cc1[N+](=O)[O-]. The number of fused-ring (bicyclic) bond motifs is 1. The Morgan fingerprint density at radius 1 is 1.16 bits per heavy atom. The van der Waals surface area contributed by atoms with E-state index in [1.807, 2.05) is 18.2 Å². The van der Waals surface area contributed by atoms with Crippen LogP contribution in [0.15, 0.2) is 36.4 Å². The Bertz CT molecular complexity index is 825. The molecule has 0 spiro atoms. The Kier molecular flexibility index (Phi) is 5.04. The van der Waals surface area contributed by atoms with Crippen LogP contribution in [0, 0.1) is 10.1 Å². The van der Waals surface area contributed by atoms with Gasteiger partial charge >= 0.3 is 0 Å². The minimum atomic E-state index is -0.623. The highest BCUT2D eigenvalue weighted by Gasteiger charge is 2.20. The van der Waals surface area contributed by atoms with Gasteiger partial charge in [0.15, 0.2) is 11.5 Å². The lowest BCUT2D eigenvalue weighted by atomic mass is 10.1. The molecule has 7 nitrogen and oxygen atoms in total. The number of halogens is 1. The monoisotopic (exact) mass is 362 g/mol. The van der Waals surface area contributed by atoms with Crippen molar-refractivity contribution in [3.8, 4) is 11.5 Å². The van der Waals surface area contributed by atoms with Gasteiger partial charge in [0.25, 0.3) is 11.6 Å². The minimum absolute atomic E-state index is 0.0171. The number of hydrogen-bond donors (Lipinski definition) is 1. The fraction of sp³-hybridized carbons (Fsp3) is 0.235. The Morgan fingerprint density at radius 3 is 2.68 bits per heavy atom. The largest absolute Gasteiger partial charge is 0.486 e. The number of rotatable bonds is 5. The number of ether oxygens (including phenoxy) is 2. The van der Waals surface area contributed by atoms with Crippen molar-refractivity contribution in [1.29, 1.82) is 0 Å². The fourth-order valence-corrected chi connectivity index (χ4v) is 2.67. The molecule has 0 radical (unpaired) electrons. The highest BCUT2D eigenvalue weighted by atomic mass is 35.5. The summed E-state index contributed by atoms with van der Waals surface area (Å²) in [5.41, 5.74) is 0.635. The lowest BCUT2D eigenvalue weighted by Gasteiger charge is -2.18. The van der Waals surface area contributed by atoms with Gasteiger partial charge in [0, 0.05) is 17.6 Å². The molecule has 2 aromatic carbocycles. The van der Waals surface area contributed by atoms with Crippen LogP contribution in [0.3, 0.4) is 0 Å². The van der Waals surface area contributed by atoms with Gasteiger partial charge in [-0.1, -0.05) is 17.7 Å². The third kappa shape index (κ3) is 4.00. The van der Waals surface area contributed by atoms with Gasteiger partial charge in [0.05, 0.1) is 4.92 Å². The van der Waals surface area contributed by atoms with E-state index >= 15 is 0 Å². The van der Waals surface area contributed by atoms with Crippen LogP contribution in [-0.4, -0.2) is 30.6 Å². The van der Waals surface area contributed by atoms with E-state index in [9.17, 15) is 14.9 Å². The summed E-state index contributed by atoms with van der Waals surface area (Å²) in [6.07, 6.45) is 0.559. The zero-order chi connectivity index (χ0) is 17.8. The van der Waals surface area contributed by atoms with Gasteiger partial charge < -0.3 is 14.8 Å². The number of benzene rings is 2. The van der Waals surface area contributed by atoms with E-state index in [1.165, 1.54) is 12.1 Å². The van der Waals surface area contributed by atoms with Crippen LogP contribution in [0.5, 0.6) is 11.5 Å². The maximum absolute atomic E-state index is 12.2. The lowest BCUT2D eigenvalue weighted by molar-refractivity contribution is -0.385. The minimum Gasteiger partial charge on any atom is -0.486 e. The second-order valence-corrected chi connectivity index (χ2v) is 5.84. The van der Waals surface area contributed by atoms with Gasteiger partial charge in [-0.15, -0.1) is 0 Å². The van der Waals surface area contributed by atoms with E-state index < -0.39 is 10.8 Å². The Balaban J connectivity index is 1.62. The molecule has 0 unspecified atom stereocenters. The summed E-state index contributed by atoms with van der Waals surface area (Å²) in [5, 5.41) is 13.9. The van der Waals surface area contributed by atoms with Gasteiger partial charge in [-0.25, -0.2) is 0 Å². The summed E-state index contributed by atoms with van der Waals surface area (Å²) in [4.78, 5) is 22.6. The number of nitrogens with zero attached hydrogens (tertiary/aromatic N) is 1. The molecule has 0 atom stereocenters. The Labute approximate surface area is 148 Å². The highest BCUT2D eigenvalue weighted by Crippen LogP contribution is 2.30. The molecule has 0 saturated heterocycles. The number of nitrogens with one attached hydrogen (secondary N) is 1. The average Bonchev–Trinajstić information content (AvgIpc) is 2.61. The molecule has 25 heavy (non-hydrogen) atoms. The molecule has 0 aromatic heterocycles. The first-order valence-corrected chi connectivity index (χ1v) is 8.03. The van der Waals surface area contributed by atoms with Gasteiger partial charge in [0.1, 0.15) is 18.8 Å². The topological polar surface area (TPSA) is 90.7 Å². The predicted molar refractivity (Wildman–Crippen MR) is 91.6 cm³/mol. The van der Waals surface area contributed by atoms with Crippen molar-refractivity contribution < 1.29 is 19.2 Å². The molecular weight excluding hydrogens is 348 g/mol. The molecule has 3 rings (SSSR count). The first kappa shape index (κ1) is 17.0. The van der Waals surface area contributed by atoms with Crippen LogP contribution >= 0.6 is 11.6 Å². The van der Waals surface area contributed by atoms with Crippen molar-refractivity contribution in [3.05, 3.63) is 62.7 Å². The third-order valence-electron chi connectivity index (χ3n) is 3.71. The molecule has 1 amide bonds. The van der Waals surface area contributed by atoms with Crippen LogP contribution < -0.4 is 14.8 Å². The van der Waals surface area contributed by atoms with Crippen LogP contribution in [0.4, 0.5) is 5.69 Å². The standard InChI is InChI=1S/C17H15ClN2O5/c18-12-2-3-13(14(10-12)20(22)23)17(21)19-6-5-11-1-4-15-16(9-11)25-8-7-24-15/h1-4,9-10H,5-8H2,(H,19,21). The molecule has 0 bridgehead atoms. The van der Waals surface area contributed by atoms with Gasteiger partial charge in [-0.2, -0.15) is 0 Å². The molecule has 1 aliphatic rings. The highest BCUT2D eigenvalue weighted by molar-refractivity contribution is 6.31. The van der Waals surface area contributed by atoms with Crippen molar-refractivity contribution >= 4 is 23.2 Å². The van der Waals surface area contributed by atoms with Crippen LogP contribution in [0.2, 0.25) is 5.02 Å². The van der Waals surface area contributed by atoms with Gasteiger partial charge in [0.2, 0.25) is 0 Å². The van der Waals surface area contributed by atoms with Gasteiger partial charge in [-0.05, 0) is 36.2 Å². The second-order valence-electron chi connectivity index (χ2n) is 5.40. The Hall–Kier alpha value is -2.80. The molecule has 1 N–H and O–H groups in total. The number of nitro benzene ring substituents is 1. The van der Waals surface area contributed by atoms with Crippen LogP contribution in [-0.2, 0) is 6.42 Å². The third-order valence-corrected chi connectivity index (χ3v) is 3.94. The number of carbonyl (C=O) groups excluding carboxylic acids is 1. The predicted octanol–water partition coefficient (Wildman–Crippen LogP) is 2.99. The zero-order valence-electron chi connectivity index (χ0n) is 13.2. The van der Waals surface area contributed by atoms with E-state index in [4.69, 9.17) is 21.1 Å². The molecule has 0 saturated carbocycles. The second kappa shape index (κ2) is 7.40. The number of amides is 1. The summed E-state index contributed by atoms with van der Waals surface area (Å²) in [6.45, 7) is 1.37. The molecule has 8 heteroatoms. The Morgan fingerprint density at radius 2 is 1.92 bits per heavy atom. The van der Waals surface area contributed by atoms with Crippen molar-refractivity contribution in [3.63, 3.8) is 0 Å². The number of hydrogen-bond acceptors (Lipinski definition) is 5. The fourth-order valence-electron chi connectivity index (χ4n) is 2.51. The maximum Gasteiger partial charge on any atom is 0.283 e. The number of carbonyl (C=O) groups is 1. The molecule has 0 fully saturated rings. The van der Waals surface area contributed by atoms with Crippen molar-refractivity contribution in [2.75, 3.05) is 19.8 Å². The van der Waals surface area contributed by atoms with Crippen molar-refractivity contribution in [2.45, 2.75) is 6.42 Å². The summed E-state index contributed by atoms with van der Waals surface area (Å²) < 4.78 is 11.0. The van der Waals surface area contributed by atoms with Gasteiger partial charge in [-0.3, -0.25) is 14.9 Å². The molecule has 2 aromatic rings. The molecule has 1 heterocycles. The first-order valence-electron chi connectivity index (χ1n) is 7.65. The van der Waals surface area contributed by atoms with E-state index in [1.54, 1.807) is 0 Å². The first-order chi connectivity index (χ1) is 12.0. The maximum atomic E-state index is 12.2. The molecule has 130 valence electrons. The molecular formula is C17H15ClN2O5. The zero-order valence-corrected chi connectivity index (χ0v) is 13.9. The lowest BCUT2D eigenvalue weighted by Crippen LogP contribution is -2.26. The molecule has 1 aliphatic heterocycles. The summed E-state index contributed by atoms with van der Waals surface area (Å²) in [6, 6.07) is 9.55. The van der Waals surface area contributed by atoms with Crippen molar-refractivity contribution in [1.82, 2.24) is 5.32 Å². The van der Waals surface area contributed by atoms with Crippen LogP contribution in [0.1, 0.15) is 15.9 Å². The summed E-state index contributed by atoms with van der Waals surface area (Å²) in [7, 11) is 0. The van der Waals surface area contributed by atoms with Crippen LogP contribution in [0.25, 0.3) is 0 Å². The average molecular weight is 363 g/mol. The summed E-state index contributed by atoms with van der Waals surface area (Å²) >= 11 is 5.75. The normalized spacial score (nSPS) is 12.5. The molecule has 0 aliphatic carbocycles. The number of nitro groups is 1. The quantitative estimate of drug-likeness (QED) is 0.652.